The second-order valence-corrected chi connectivity index (χ2v) is 5.12. The summed E-state index contributed by atoms with van der Waals surface area (Å²) < 4.78 is 1.83. The Balaban J connectivity index is 2.04. The number of anilines is 1. The zero-order valence-corrected chi connectivity index (χ0v) is 11.4. The van der Waals surface area contributed by atoms with E-state index in [4.69, 9.17) is 17.3 Å². The molecule has 2 N–H and O–H groups in total. The van der Waals surface area contributed by atoms with Gasteiger partial charge < -0.3 is 5.73 Å². The molecular weight excluding hydrogens is 258 g/mol. The lowest BCUT2D eigenvalue weighted by Crippen LogP contribution is -1.97. The molecule has 0 saturated carbocycles. The molecule has 3 nitrogen and oxygen atoms in total. The van der Waals surface area contributed by atoms with Crippen molar-refractivity contribution < 1.29 is 0 Å². The maximum Gasteiger partial charge on any atom is 0.138 e. The number of imidazole rings is 1. The number of hydrogen-bond donors (Lipinski definition) is 1. The molecule has 1 aromatic carbocycles. The van der Waals surface area contributed by atoms with Crippen LogP contribution in [0.25, 0.3) is 5.65 Å². The highest BCUT2D eigenvalue weighted by Crippen LogP contribution is 2.21. The molecule has 0 saturated heterocycles. The largest absolute Gasteiger partial charge is 0.383 e. The Morgan fingerprint density at radius 2 is 2.11 bits per heavy atom. The molecule has 0 bridgehead atoms. The van der Waals surface area contributed by atoms with Crippen LogP contribution in [0.4, 0.5) is 5.82 Å². The zero-order valence-electron chi connectivity index (χ0n) is 10.6. The summed E-state index contributed by atoms with van der Waals surface area (Å²) >= 11 is 5.98. The van der Waals surface area contributed by atoms with Crippen molar-refractivity contribution in [2.75, 3.05) is 5.73 Å². The number of nitrogen functional groups attached to an aromatic ring is 1. The van der Waals surface area contributed by atoms with Gasteiger partial charge in [0.1, 0.15) is 11.5 Å². The van der Waals surface area contributed by atoms with Crippen molar-refractivity contribution in [2.45, 2.75) is 13.3 Å². The van der Waals surface area contributed by atoms with Crippen LogP contribution in [0.3, 0.4) is 0 Å². The number of nitrogens with two attached hydrogens (primary N) is 1. The van der Waals surface area contributed by atoms with Crippen molar-refractivity contribution in [3.05, 3.63) is 64.4 Å². The molecule has 0 aliphatic rings. The molecule has 0 aliphatic heterocycles. The van der Waals surface area contributed by atoms with E-state index < -0.39 is 0 Å². The van der Waals surface area contributed by atoms with E-state index in [-0.39, 0.29) is 0 Å². The van der Waals surface area contributed by atoms with Crippen molar-refractivity contribution in [1.82, 2.24) is 9.38 Å². The van der Waals surface area contributed by atoms with E-state index in [9.17, 15) is 0 Å². The number of nitrogens with zero attached hydrogens (tertiary/aromatic N) is 2. The number of aryl methyl sites for hydroxylation is 1. The average Bonchev–Trinajstić information content (AvgIpc) is 2.67. The molecule has 4 heteroatoms. The maximum absolute atomic E-state index is 6.14. The summed E-state index contributed by atoms with van der Waals surface area (Å²) in [5, 5.41) is 0.652. The van der Waals surface area contributed by atoms with Crippen LogP contribution in [0.15, 0.2) is 42.6 Å². The first-order chi connectivity index (χ1) is 9.13. The van der Waals surface area contributed by atoms with Gasteiger partial charge in [0.2, 0.25) is 0 Å². The maximum atomic E-state index is 6.14. The third-order valence-electron chi connectivity index (χ3n) is 3.15. The minimum absolute atomic E-state index is 0.652. The zero-order chi connectivity index (χ0) is 13.4. The van der Waals surface area contributed by atoms with Gasteiger partial charge >= 0.3 is 0 Å². The van der Waals surface area contributed by atoms with Gasteiger partial charge in [-0.1, -0.05) is 41.4 Å². The van der Waals surface area contributed by atoms with Gasteiger partial charge in [0.25, 0.3) is 0 Å². The fourth-order valence-corrected chi connectivity index (χ4v) is 2.39. The van der Waals surface area contributed by atoms with E-state index >= 15 is 0 Å². The lowest BCUT2D eigenvalue weighted by atomic mass is 10.1. The smallest absolute Gasteiger partial charge is 0.138 e. The van der Waals surface area contributed by atoms with Gasteiger partial charge in [-0.05, 0) is 24.6 Å². The van der Waals surface area contributed by atoms with Gasteiger partial charge in [-0.25, -0.2) is 4.98 Å². The summed E-state index contributed by atoms with van der Waals surface area (Å²) in [7, 11) is 0. The van der Waals surface area contributed by atoms with Gasteiger partial charge in [0, 0.05) is 12.6 Å². The summed E-state index contributed by atoms with van der Waals surface area (Å²) in [5.41, 5.74) is 10.3. The minimum atomic E-state index is 0.652. The molecule has 3 rings (SSSR count). The number of halogens is 1. The molecule has 0 fully saturated rings. The highest BCUT2D eigenvalue weighted by Gasteiger charge is 2.10. The van der Waals surface area contributed by atoms with E-state index in [1.54, 1.807) is 6.20 Å². The predicted octanol–water partition coefficient (Wildman–Crippen LogP) is 3.47. The van der Waals surface area contributed by atoms with Crippen LogP contribution in [0.2, 0.25) is 5.02 Å². The van der Waals surface area contributed by atoms with Crippen molar-refractivity contribution in [2.24, 2.45) is 0 Å². The van der Waals surface area contributed by atoms with E-state index in [1.165, 1.54) is 11.1 Å². The third-order valence-corrected chi connectivity index (χ3v) is 3.37. The number of pyridine rings is 1. The number of fused-ring (bicyclic) bond motifs is 1. The van der Waals surface area contributed by atoms with Crippen LogP contribution in [-0.4, -0.2) is 9.38 Å². The molecule has 0 unspecified atom stereocenters. The molecule has 96 valence electrons. The Labute approximate surface area is 116 Å². The van der Waals surface area contributed by atoms with Crippen LogP contribution in [0.5, 0.6) is 0 Å². The van der Waals surface area contributed by atoms with Gasteiger partial charge in [-0.3, -0.25) is 4.40 Å². The van der Waals surface area contributed by atoms with Crippen LogP contribution >= 0.6 is 11.6 Å². The SMILES string of the molecule is Cc1cccc(Cc2nc3ccc(Cl)cn3c2N)c1. The molecular formula is C15H14ClN3. The van der Waals surface area contributed by atoms with E-state index in [0.29, 0.717) is 10.8 Å². The Morgan fingerprint density at radius 3 is 2.89 bits per heavy atom. The third kappa shape index (κ3) is 2.29. The summed E-state index contributed by atoms with van der Waals surface area (Å²) in [6.07, 6.45) is 2.52. The summed E-state index contributed by atoms with van der Waals surface area (Å²) in [4.78, 5) is 4.56. The van der Waals surface area contributed by atoms with E-state index in [2.05, 4.69) is 30.1 Å². The van der Waals surface area contributed by atoms with Crippen molar-refractivity contribution in [3.8, 4) is 0 Å². The van der Waals surface area contributed by atoms with E-state index in [1.807, 2.05) is 22.6 Å². The van der Waals surface area contributed by atoms with Gasteiger partial charge in [0.05, 0.1) is 10.7 Å². The molecule has 0 spiro atoms. The van der Waals surface area contributed by atoms with Crippen LogP contribution < -0.4 is 5.73 Å². The van der Waals surface area contributed by atoms with Crippen LogP contribution in [0.1, 0.15) is 16.8 Å². The normalized spacial score (nSPS) is 11.1. The molecule has 0 radical (unpaired) electrons. The lowest BCUT2D eigenvalue weighted by Gasteiger charge is -2.01. The predicted molar refractivity (Wildman–Crippen MR) is 78.6 cm³/mol. The Bertz CT molecular complexity index is 746. The molecule has 0 aliphatic carbocycles. The highest BCUT2D eigenvalue weighted by atomic mass is 35.5. The molecule has 0 atom stereocenters. The monoisotopic (exact) mass is 271 g/mol. The second-order valence-electron chi connectivity index (χ2n) is 4.69. The first-order valence-corrected chi connectivity index (χ1v) is 6.49. The quantitative estimate of drug-likeness (QED) is 0.776. The minimum Gasteiger partial charge on any atom is -0.383 e. The summed E-state index contributed by atoms with van der Waals surface area (Å²) in [5.74, 6) is 0.652. The van der Waals surface area contributed by atoms with Gasteiger partial charge in [0.15, 0.2) is 0 Å². The molecule has 2 aromatic heterocycles. The van der Waals surface area contributed by atoms with Crippen molar-refractivity contribution in [1.29, 1.82) is 0 Å². The first-order valence-electron chi connectivity index (χ1n) is 6.11. The molecule has 19 heavy (non-hydrogen) atoms. The van der Waals surface area contributed by atoms with Crippen molar-refractivity contribution >= 4 is 23.1 Å². The topological polar surface area (TPSA) is 43.3 Å². The number of rotatable bonds is 2. The van der Waals surface area contributed by atoms with E-state index in [0.717, 1.165) is 17.8 Å². The highest BCUT2D eigenvalue weighted by molar-refractivity contribution is 6.30. The van der Waals surface area contributed by atoms with Crippen LogP contribution in [0, 0.1) is 6.92 Å². The Morgan fingerprint density at radius 1 is 1.26 bits per heavy atom. The van der Waals surface area contributed by atoms with Crippen LogP contribution in [-0.2, 0) is 6.42 Å². The summed E-state index contributed by atoms with van der Waals surface area (Å²) in [6.45, 7) is 2.08. The Hall–Kier alpha value is -2.00. The summed E-state index contributed by atoms with van der Waals surface area (Å²) in [6, 6.07) is 12.1. The second kappa shape index (κ2) is 4.59. The number of hydrogen-bond acceptors (Lipinski definition) is 2. The number of aromatic nitrogens is 2. The number of benzene rings is 1. The molecule has 0 amide bonds. The Kier molecular flexibility index (Phi) is 2.91. The first kappa shape index (κ1) is 12.1. The van der Waals surface area contributed by atoms with Gasteiger partial charge in [-0.15, -0.1) is 0 Å². The van der Waals surface area contributed by atoms with Crippen molar-refractivity contribution in [3.63, 3.8) is 0 Å². The molecule has 3 aromatic rings. The lowest BCUT2D eigenvalue weighted by molar-refractivity contribution is 1.11. The fourth-order valence-electron chi connectivity index (χ4n) is 2.23. The molecule has 2 heterocycles. The fraction of sp³-hybridized carbons (Fsp3) is 0.133. The standard InChI is InChI=1S/C15H14ClN3/c1-10-3-2-4-11(7-10)8-13-15(17)19-9-12(16)5-6-14(19)18-13/h2-7,9H,8,17H2,1H3. The van der Waals surface area contributed by atoms with Gasteiger partial charge in [-0.2, -0.15) is 0 Å². The average molecular weight is 272 g/mol.